The summed E-state index contributed by atoms with van der Waals surface area (Å²) in [5.74, 6) is -0.738. The highest BCUT2D eigenvalue weighted by Gasteiger charge is 2.14. The fourth-order valence-electron chi connectivity index (χ4n) is 2.27. The van der Waals surface area contributed by atoms with Crippen molar-refractivity contribution in [2.24, 2.45) is 0 Å². The zero-order chi connectivity index (χ0) is 15.4. The Labute approximate surface area is 123 Å². The lowest BCUT2D eigenvalue weighted by atomic mass is 10.1. The molecule has 0 aliphatic heterocycles. The van der Waals surface area contributed by atoms with Crippen molar-refractivity contribution in [2.75, 3.05) is 5.32 Å². The molecule has 0 heterocycles. The van der Waals surface area contributed by atoms with Gasteiger partial charge in [-0.1, -0.05) is 18.2 Å². The minimum Gasteiger partial charge on any atom is -0.388 e. The maximum atomic E-state index is 13.1. The molecule has 3 nitrogen and oxygen atoms in total. The number of hydrogen-bond acceptors (Lipinski definition) is 2. The van der Waals surface area contributed by atoms with E-state index in [-0.39, 0.29) is 12.3 Å². The van der Waals surface area contributed by atoms with Gasteiger partial charge in [-0.25, -0.2) is 4.39 Å². The van der Waals surface area contributed by atoms with Crippen LogP contribution in [0.25, 0.3) is 0 Å². The molecule has 0 aliphatic carbocycles. The first-order valence-corrected chi connectivity index (χ1v) is 6.76. The summed E-state index contributed by atoms with van der Waals surface area (Å²) in [4.78, 5) is 11.9. The van der Waals surface area contributed by atoms with Crippen molar-refractivity contribution in [2.45, 2.75) is 26.4 Å². The van der Waals surface area contributed by atoms with Gasteiger partial charge in [0.1, 0.15) is 5.82 Å². The Hall–Kier alpha value is -2.20. The summed E-state index contributed by atoms with van der Waals surface area (Å²) >= 11 is 0. The van der Waals surface area contributed by atoms with E-state index in [1.54, 1.807) is 6.07 Å². The van der Waals surface area contributed by atoms with Crippen molar-refractivity contribution in [1.29, 1.82) is 0 Å². The van der Waals surface area contributed by atoms with Gasteiger partial charge in [-0.05, 0) is 54.8 Å². The molecule has 2 rings (SSSR count). The van der Waals surface area contributed by atoms with Gasteiger partial charge in [0.2, 0.25) is 5.91 Å². The molecule has 0 aliphatic rings. The van der Waals surface area contributed by atoms with Crippen LogP contribution in [0, 0.1) is 19.7 Å². The Morgan fingerprint density at radius 3 is 2.48 bits per heavy atom. The van der Waals surface area contributed by atoms with Gasteiger partial charge in [-0.2, -0.15) is 0 Å². The van der Waals surface area contributed by atoms with E-state index in [4.69, 9.17) is 0 Å². The fourth-order valence-corrected chi connectivity index (χ4v) is 2.27. The lowest BCUT2D eigenvalue weighted by Crippen LogP contribution is -2.15. The molecule has 1 amide bonds. The smallest absolute Gasteiger partial charge is 0.227 e. The minimum atomic E-state index is -1.02. The summed E-state index contributed by atoms with van der Waals surface area (Å²) in [5.41, 5.74) is 3.20. The number of hydrogen-bond donors (Lipinski definition) is 2. The summed E-state index contributed by atoms with van der Waals surface area (Å²) in [6.07, 6.45) is -1.14. The topological polar surface area (TPSA) is 49.3 Å². The Balaban J connectivity index is 2.01. The highest BCUT2D eigenvalue weighted by Crippen LogP contribution is 2.19. The molecular weight excluding hydrogens is 269 g/mol. The Morgan fingerprint density at radius 1 is 1.19 bits per heavy atom. The molecule has 110 valence electrons. The molecule has 2 aromatic rings. The van der Waals surface area contributed by atoms with Crippen molar-refractivity contribution in [3.8, 4) is 0 Å². The van der Waals surface area contributed by atoms with Crippen LogP contribution in [0.15, 0.2) is 42.5 Å². The van der Waals surface area contributed by atoms with Crippen molar-refractivity contribution in [3.63, 3.8) is 0 Å². The Morgan fingerprint density at radius 2 is 1.86 bits per heavy atom. The van der Waals surface area contributed by atoms with E-state index < -0.39 is 11.9 Å². The maximum absolute atomic E-state index is 13.1. The third kappa shape index (κ3) is 4.39. The second-order valence-electron chi connectivity index (χ2n) is 5.20. The van der Waals surface area contributed by atoms with Gasteiger partial charge in [0.05, 0.1) is 12.5 Å². The van der Waals surface area contributed by atoms with E-state index in [9.17, 15) is 14.3 Å². The number of aryl methyl sites for hydroxylation is 2. The first-order valence-electron chi connectivity index (χ1n) is 6.76. The molecule has 2 N–H and O–H groups in total. The molecule has 4 heteroatoms. The zero-order valence-electron chi connectivity index (χ0n) is 12.1. The van der Waals surface area contributed by atoms with Crippen LogP contribution in [-0.4, -0.2) is 11.0 Å². The van der Waals surface area contributed by atoms with Crippen LogP contribution in [-0.2, 0) is 4.79 Å². The maximum Gasteiger partial charge on any atom is 0.227 e. The van der Waals surface area contributed by atoms with Crippen molar-refractivity contribution in [3.05, 3.63) is 65.0 Å². The van der Waals surface area contributed by atoms with Crippen LogP contribution in [0.3, 0.4) is 0 Å². The van der Waals surface area contributed by atoms with Gasteiger partial charge in [0, 0.05) is 5.69 Å². The van der Waals surface area contributed by atoms with E-state index in [1.165, 1.54) is 18.2 Å². The van der Waals surface area contributed by atoms with Crippen LogP contribution in [0.1, 0.15) is 29.2 Å². The average Bonchev–Trinajstić information content (AvgIpc) is 2.37. The molecule has 0 saturated heterocycles. The number of amides is 1. The summed E-state index contributed by atoms with van der Waals surface area (Å²) in [6.45, 7) is 3.90. The molecule has 0 aromatic heterocycles. The van der Waals surface area contributed by atoms with Gasteiger partial charge in [-0.3, -0.25) is 4.79 Å². The first-order chi connectivity index (χ1) is 9.94. The van der Waals surface area contributed by atoms with E-state index in [2.05, 4.69) is 5.32 Å². The number of benzene rings is 2. The van der Waals surface area contributed by atoms with Gasteiger partial charge in [-0.15, -0.1) is 0 Å². The monoisotopic (exact) mass is 287 g/mol. The van der Waals surface area contributed by atoms with Gasteiger partial charge < -0.3 is 10.4 Å². The molecule has 21 heavy (non-hydrogen) atoms. The summed E-state index contributed by atoms with van der Waals surface area (Å²) in [6, 6.07) is 11.4. The Kier molecular flexibility index (Phi) is 4.70. The number of carbonyl (C=O) groups is 1. The van der Waals surface area contributed by atoms with E-state index in [0.29, 0.717) is 11.3 Å². The van der Waals surface area contributed by atoms with E-state index in [0.717, 1.165) is 11.1 Å². The van der Waals surface area contributed by atoms with Crippen LogP contribution in [0.5, 0.6) is 0 Å². The molecule has 0 saturated carbocycles. The zero-order valence-corrected chi connectivity index (χ0v) is 12.1. The van der Waals surface area contributed by atoms with Crippen molar-refractivity contribution in [1.82, 2.24) is 0 Å². The van der Waals surface area contributed by atoms with Crippen LogP contribution < -0.4 is 5.32 Å². The molecule has 0 radical (unpaired) electrons. The molecule has 0 bridgehead atoms. The highest BCUT2D eigenvalue weighted by molar-refractivity contribution is 5.91. The third-order valence-electron chi connectivity index (χ3n) is 3.12. The first kappa shape index (κ1) is 15.2. The molecule has 0 fully saturated rings. The molecule has 0 spiro atoms. The van der Waals surface area contributed by atoms with Crippen molar-refractivity contribution >= 4 is 11.6 Å². The fraction of sp³-hybridized carbons (Fsp3) is 0.235. The number of carbonyl (C=O) groups excluding carboxylic acids is 1. The second kappa shape index (κ2) is 6.50. The second-order valence-corrected chi connectivity index (χ2v) is 5.20. The highest BCUT2D eigenvalue weighted by atomic mass is 19.1. The molecule has 1 unspecified atom stereocenters. The van der Waals surface area contributed by atoms with Crippen LogP contribution >= 0.6 is 0 Å². The van der Waals surface area contributed by atoms with Crippen LogP contribution in [0.4, 0.5) is 10.1 Å². The van der Waals surface area contributed by atoms with E-state index in [1.807, 2.05) is 32.0 Å². The third-order valence-corrected chi connectivity index (χ3v) is 3.12. The minimum absolute atomic E-state index is 0.115. The lowest BCUT2D eigenvalue weighted by Gasteiger charge is -2.12. The largest absolute Gasteiger partial charge is 0.388 e. The summed E-state index contributed by atoms with van der Waals surface area (Å²) in [7, 11) is 0. The number of nitrogens with one attached hydrogen (secondary N) is 1. The number of halogens is 1. The average molecular weight is 287 g/mol. The normalized spacial score (nSPS) is 12.0. The number of aliphatic hydroxyl groups is 1. The molecule has 2 aromatic carbocycles. The van der Waals surface area contributed by atoms with Gasteiger partial charge >= 0.3 is 0 Å². The van der Waals surface area contributed by atoms with Gasteiger partial charge in [0.15, 0.2) is 0 Å². The van der Waals surface area contributed by atoms with Crippen LogP contribution in [0.2, 0.25) is 0 Å². The summed E-state index contributed by atoms with van der Waals surface area (Å²) < 4.78 is 13.1. The van der Waals surface area contributed by atoms with Crippen molar-refractivity contribution < 1.29 is 14.3 Å². The SMILES string of the molecule is Cc1cc(C)cc(NC(=O)CC(O)c2cccc(F)c2)c1. The predicted molar refractivity (Wildman–Crippen MR) is 80.5 cm³/mol. The number of rotatable bonds is 4. The summed E-state index contributed by atoms with van der Waals surface area (Å²) in [5, 5.41) is 12.7. The number of aliphatic hydroxyl groups excluding tert-OH is 1. The predicted octanol–water partition coefficient (Wildman–Crippen LogP) is 3.50. The van der Waals surface area contributed by atoms with E-state index >= 15 is 0 Å². The van der Waals surface area contributed by atoms with Gasteiger partial charge in [0.25, 0.3) is 0 Å². The number of anilines is 1. The molecule has 1 atom stereocenters. The quantitative estimate of drug-likeness (QED) is 0.904. The standard InChI is InChI=1S/C17H18FNO2/c1-11-6-12(2)8-15(7-11)19-17(21)10-16(20)13-4-3-5-14(18)9-13/h3-9,16,20H,10H2,1-2H3,(H,19,21). The lowest BCUT2D eigenvalue weighted by molar-refractivity contribution is -0.118. The Bertz CT molecular complexity index is 635. The molecular formula is C17H18FNO2.